The van der Waals surface area contributed by atoms with E-state index in [1.807, 2.05) is 24.3 Å². The third kappa shape index (κ3) is 7.73. The molecule has 248 valence electrons. The van der Waals surface area contributed by atoms with Crippen LogP contribution in [0.4, 0.5) is 43.9 Å². The number of unbranched alkanes of at least 4 members (excludes halogenated alkanes) is 1. The Balaban J connectivity index is 1.38. The van der Waals surface area contributed by atoms with Crippen LogP contribution >= 0.6 is 11.8 Å². The van der Waals surface area contributed by atoms with Crippen LogP contribution in [0.15, 0.2) is 83.8 Å². The van der Waals surface area contributed by atoms with Crippen LogP contribution in [0.25, 0.3) is 33.0 Å². The van der Waals surface area contributed by atoms with Crippen molar-refractivity contribution in [2.45, 2.75) is 36.9 Å². The second-order valence-corrected chi connectivity index (χ2v) is 11.7. The summed E-state index contributed by atoms with van der Waals surface area (Å²) in [6.45, 7) is 2.10. The Bertz CT molecular complexity index is 2020. The van der Waals surface area contributed by atoms with Crippen LogP contribution in [0.2, 0.25) is 0 Å². The zero-order valence-electron chi connectivity index (χ0n) is 24.7. The van der Waals surface area contributed by atoms with Crippen molar-refractivity contribution in [1.82, 2.24) is 0 Å². The summed E-state index contributed by atoms with van der Waals surface area (Å²) in [7, 11) is 0. The Morgan fingerprint density at radius 1 is 0.688 bits per heavy atom. The lowest BCUT2D eigenvalue weighted by Gasteiger charge is -2.20. The van der Waals surface area contributed by atoms with Gasteiger partial charge in [-0.15, -0.1) is 11.8 Å². The minimum Gasteiger partial charge on any atom is -0.429 e. The van der Waals surface area contributed by atoms with Gasteiger partial charge in [-0.25, -0.2) is 22.0 Å². The van der Waals surface area contributed by atoms with Crippen molar-refractivity contribution in [3.63, 3.8) is 0 Å². The molecular weight excluding hydrogens is 670 g/mol. The van der Waals surface area contributed by atoms with Crippen LogP contribution in [0.1, 0.15) is 30.9 Å². The van der Waals surface area contributed by atoms with Gasteiger partial charge in [-0.2, -0.15) is 22.0 Å². The number of hydrogen-bond acceptors (Lipinski definition) is 2. The number of fused-ring (bicyclic) bond motifs is 1. The molecule has 0 aliphatic carbocycles. The quantitative estimate of drug-likeness (QED) is 0.0658. The maximum Gasteiger partial charge on any atom is 0.458 e. The molecule has 48 heavy (non-hydrogen) atoms. The summed E-state index contributed by atoms with van der Waals surface area (Å²) in [6, 6.07) is 15.2. The van der Waals surface area contributed by atoms with Gasteiger partial charge in [0.15, 0.2) is 0 Å². The van der Waals surface area contributed by atoms with Crippen LogP contribution in [-0.2, 0) is 6.11 Å². The first-order valence-electron chi connectivity index (χ1n) is 14.3. The first kappa shape index (κ1) is 34.7. The molecule has 0 N–H and O–H groups in total. The van der Waals surface area contributed by atoms with Crippen LogP contribution in [0.5, 0.6) is 5.75 Å². The van der Waals surface area contributed by atoms with E-state index in [2.05, 4.69) is 11.7 Å². The summed E-state index contributed by atoms with van der Waals surface area (Å²) in [5.41, 5.74) is -2.44. The van der Waals surface area contributed by atoms with Crippen LogP contribution in [0, 0.1) is 40.9 Å². The third-order valence-corrected chi connectivity index (χ3v) is 8.24. The molecule has 0 spiro atoms. The molecule has 0 aliphatic rings. The SMILES string of the molecule is CCCCSc1ccc(-c2ccc(-c3cc(F)c(C(F)(F)Oc4ccc5c(F)c(C#CC(F)(F)F)c(F)cc5c4)c(F)c3)c(F)c2)cc1. The second-order valence-electron chi connectivity index (χ2n) is 10.5. The van der Waals surface area contributed by atoms with Gasteiger partial charge in [0.25, 0.3) is 0 Å². The molecule has 5 aromatic rings. The maximum atomic E-state index is 15.2. The van der Waals surface area contributed by atoms with E-state index >= 15 is 22.0 Å². The molecule has 0 unspecified atom stereocenters. The predicted molar refractivity (Wildman–Crippen MR) is 164 cm³/mol. The van der Waals surface area contributed by atoms with Crippen molar-refractivity contribution < 1.29 is 48.6 Å². The van der Waals surface area contributed by atoms with Crippen molar-refractivity contribution in [3.8, 4) is 39.8 Å². The second kappa shape index (κ2) is 13.8. The first-order chi connectivity index (χ1) is 22.7. The highest BCUT2D eigenvalue weighted by Gasteiger charge is 2.41. The summed E-state index contributed by atoms with van der Waals surface area (Å²) in [6.07, 6.45) is -7.56. The van der Waals surface area contributed by atoms with E-state index in [-0.39, 0.29) is 11.1 Å². The molecule has 0 saturated heterocycles. The van der Waals surface area contributed by atoms with Gasteiger partial charge in [0.1, 0.15) is 40.4 Å². The average Bonchev–Trinajstić information content (AvgIpc) is 3.00. The molecule has 0 fully saturated rings. The Kier molecular flexibility index (Phi) is 10.0. The number of hydrogen-bond donors (Lipinski definition) is 0. The molecule has 0 heterocycles. The summed E-state index contributed by atoms with van der Waals surface area (Å²) >= 11 is 1.69. The lowest BCUT2D eigenvalue weighted by molar-refractivity contribution is -0.189. The monoisotopic (exact) mass is 692 g/mol. The van der Waals surface area contributed by atoms with Crippen molar-refractivity contribution in [2.24, 2.45) is 0 Å². The Hall–Kier alpha value is -4.63. The minimum absolute atomic E-state index is 0.253. The van der Waals surface area contributed by atoms with Crippen LogP contribution < -0.4 is 4.74 Å². The summed E-state index contributed by atoms with van der Waals surface area (Å²) in [5, 5.41) is -0.889. The molecular formula is C36H22F10OS. The topological polar surface area (TPSA) is 9.23 Å². The summed E-state index contributed by atoms with van der Waals surface area (Å²) in [4.78, 5) is 1.05. The highest BCUT2D eigenvalue weighted by Crippen LogP contribution is 2.39. The van der Waals surface area contributed by atoms with Gasteiger partial charge in [-0.1, -0.05) is 43.5 Å². The molecule has 5 aromatic carbocycles. The molecule has 5 rings (SSSR count). The number of rotatable bonds is 9. The fourth-order valence-electron chi connectivity index (χ4n) is 4.83. The third-order valence-electron chi connectivity index (χ3n) is 7.14. The molecule has 0 aliphatic heterocycles. The average molecular weight is 693 g/mol. The number of benzene rings is 5. The number of halogens is 10. The molecule has 1 nitrogen and oxygen atoms in total. The number of alkyl halides is 5. The largest absolute Gasteiger partial charge is 0.458 e. The fourth-order valence-corrected chi connectivity index (χ4v) is 5.83. The summed E-state index contributed by atoms with van der Waals surface area (Å²) in [5.74, 6) is -5.09. The van der Waals surface area contributed by atoms with E-state index in [0.29, 0.717) is 35.4 Å². The fraction of sp³-hybridized carbons (Fsp3) is 0.167. The molecule has 0 aromatic heterocycles. The van der Waals surface area contributed by atoms with E-state index in [1.54, 1.807) is 11.8 Å². The maximum absolute atomic E-state index is 15.2. The highest BCUT2D eigenvalue weighted by molar-refractivity contribution is 7.99. The molecule has 0 saturated carbocycles. The molecule has 0 atom stereocenters. The van der Waals surface area contributed by atoms with Crippen molar-refractivity contribution in [2.75, 3.05) is 5.75 Å². The van der Waals surface area contributed by atoms with Gasteiger partial charge in [0, 0.05) is 21.8 Å². The van der Waals surface area contributed by atoms with Gasteiger partial charge in [-0.3, -0.25) is 0 Å². The molecule has 0 bridgehead atoms. The van der Waals surface area contributed by atoms with Crippen molar-refractivity contribution >= 4 is 22.5 Å². The zero-order chi connectivity index (χ0) is 34.8. The summed E-state index contributed by atoms with van der Waals surface area (Å²) < 4.78 is 146. The smallest absolute Gasteiger partial charge is 0.429 e. The van der Waals surface area contributed by atoms with Gasteiger partial charge in [0.2, 0.25) is 0 Å². The number of thioether (sulfide) groups is 1. The Morgan fingerprint density at radius 3 is 1.96 bits per heavy atom. The zero-order valence-corrected chi connectivity index (χ0v) is 25.5. The molecule has 12 heteroatoms. The van der Waals surface area contributed by atoms with Gasteiger partial charge in [-0.05, 0) is 88.8 Å². The van der Waals surface area contributed by atoms with Crippen molar-refractivity contribution in [3.05, 3.63) is 119 Å². The van der Waals surface area contributed by atoms with E-state index in [0.717, 1.165) is 47.6 Å². The molecule has 0 radical (unpaired) electrons. The number of ether oxygens (including phenoxy) is 1. The minimum atomic E-state index is -5.03. The van der Waals surface area contributed by atoms with E-state index < -0.39 is 69.0 Å². The Morgan fingerprint density at radius 2 is 1.33 bits per heavy atom. The van der Waals surface area contributed by atoms with Crippen LogP contribution in [-0.4, -0.2) is 11.9 Å². The van der Waals surface area contributed by atoms with Crippen LogP contribution in [0.3, 0.4) is 0 Å². The van der Waals surface area contributed by atoms with Gasteiger partial charge >= 0.3 is 12.3 Å². The normalized spacial score (nSPS) is 11.8. The predicted octanol–water partition coefficient (Wildman–Crippen LogP) is 11.8. The van der Waals surface area contributed by atoms with E-state index in [1.165, 1.54) is 18.1 Å². The lowest BCUT2D eigenvalue weighted by Crippen LogP contribution is -2.25. The van der Waals surface area contributed by atoms with E-state index in [4.69, 9.17) is 0 Å². The molecule has 0 amide bonds. The Labute approximate surface area is 272 Å². The first-order valence-corrected chi connectivity index (χ1v) is 15.3. The standard InChI is InChI=1S/C36H22F10OS/c1-2-3-14-48-25-8-4-20(5-9-25)21-6-10-26(29(37)16-21)23-18-31(39)33(32(40)19-23)36(45,46)47-24-7-11-27-22(15-24)17-30(38)28(34(27)41)12-13-35(42,43)44/h4-11,15-19H,2-3,14H2,1H3. The van der Waals surface area contributed by atoms with Gasteiger partial charge < -0.3 is 4.74 Å². The highest BCUT2D eigenvalue weighted by atomic mass is 32.2. The van der Waals surface area contributed by atoms with Gasteiger partial charge in [0.05, 0.1) is 5.56 Å². The van der Waals surface area contributed by atoms with Crippen molar-refractivity contribution in [1.29, 1.82) is 0 Å². The lowest BCUT2D eigenvalue weighted by atomic mass is 9.98. The van der Waals surface area contributed by atoms with E-state index in [9.17, 15) is 22.0 Å².